The summed E-state index contributed by atoms with van der Waals surface area (Å²) in [6, 6.07) is 12.2. The molecule has 0 aliphatic carbocycles. The molecule has 6 nitrogen and oxygen atoms in total. The lowest BCUT2D eigenvalue weighted by molar-refractivity contribution is -0.142. The third kappa shape index (κ3) is 5.56. The van der Waals surface area contributed by atoms with Gasteiger partial charge in [-0.1, -0.05) is 44.9 Å². The van der Waals surface area contributed by atoms with Crippen LogP contribution in [-0.2, 0) is 9.59 Å². The first kappa shape index (κ1) is 20.5. The van der Waals surface area contributed by atoms with E-state index >= 15 is 0 Å². The maximum atomic E-state index is 12.8. The molecule has 0 saturated carbocycles. The summed E-state index contributed by atoms with van der Waals surface area (Å²) in [5.41, 5.74) is 1.57. The van der Waals surface area contributed by atoms with Gasteiger partial charge < -0.3 is 9.52 Å². The first-order valence-corrected chi connectivity index (χ1v) is 9.14. The van der Waals surface area contributed by atoms with Gasteiger partial charge >= 0.3 is 0 Å². The zero-order chi connectivity index (χ0) is 19.7. The number of amides is 2. The monoisotopic (exact) mass is 370 g/mol. The summed E-state index contributed by atoms with van der Waals surface area (Å²) in [5, 5.41) is 11.9. The Kier molecular flexibility index (Phi) is 7.37. The molecule has 1 aromatic carbocycles. The fourth-order valence-corrected chi connectivity index (χ4v) is 2.82. The molecule has 0 saturated heterocycles. The first-order chi connectivity index (χ1) is 13.0. The number of rotatable bonds is 8. The van der Waals surface area contributed by atoms with E-state index < -0.39 is 17.4 Å². The molecule has 1 aromatic heterocycles. The van der Waals surface area contributed by atoms with E-state index in [1.54, 1.807) is 36.4 Å². The van der Waals surface area contributed by atoms with Gasteiger partial charge in [-0.3, -0.25) is 15.0 Å². The quantitative estimate of drug-likeness (QED) is 0.548. The summed E-state index contributed by atoms with van der Waals surface area (Å²) in [4.78, 5) is 25.5. The molecule has 2 N–H and O–H groups in total. The fourth-order valence-electron chi connectivity index (χ4n) is 2.82. The van der Waals surface area contributed by atoms with E-state index in [1.165, 1.54) is 18.4 Å². The highest BCUT2D eigenvalue weighted by Gasteiger charge is 2.35. The molecule has 2 amide bonds. The summed E-state index contributed by atoms with van der Waals surface area (Å²) in [7, 11) is 0. The standard InChI is InChI=1S/C21H26N2O4/c1-3-14-21(26,15-4-2)20(25)22-23(17-9-6-5-7-10-17)19(24)13-12-18-11-8-16-27-18/h5-13,16,26H,3-4,14-15H2,1-2H3,(H,22,25). The van der Waals surface area contributed by atoms with Gasteiger partial charge in [-0.2, -0.15) is 0 Å². The highest BCUT2D eigenvalue weighted by atomic mass is 16.3. The van der Waals surface area contributed by atoms with Gasteiger partial charge in [0.1, 0.15) is 11.4 Å². The van der Waals surface area contributed by atoms with Crippen molar-refractivity contribution in [3.05, 3.63) is 60.6 Å². The summed E-state index contributed by atoms with van der Waals surface area (Å²) < 4.78 is 5.18. The van der Waals surface area contributed by atoms with Gasteiger partial charge in [-0.15, -0.1) is 0 Å². The van der Waals surface area contributed by atoms with Crippen LogP contribution >= 0.6 is 0 Å². The van der Waals surface area contributed by atoms with Crippen molar-refractivity contribution in [2.75, 3.05) is 5.01 Å². The van der Waals surface area contributed by atoms with Crippen LogP contribution < -0.4 is 10.4 Å². The molecule has 0 bridgehead atoms. The number of nitrogens with one attached hydrogen (secondary N) is 1. The summed E-state index contributed by atoms with van der Waals surface area (Å²) in [6.45, 7) is 3.81. The minimum atomic E-state index is -1.51. The van der Waals surface area contributed by atoms with Crippen LogP contribution in [0.4, 0.5) is 5.69 Å². The number of hydrogen-bond acceptors (Lipinski definition) is 4. The maximum absolute atomic E-state index is 12.8. The van der Waals surface area contributed by atoms with Crippen molar-refractivity contribution in [2.45, 2.75) is 45.1 Å². The Balaban J connectivity index is 2.25. The number of carbonyl (C=O) groups is 2. The van der Waals surface area contributed by atoms with E-state index in [1.807, 2.05) is 19.9 Å². The molecule has 0 unspecified atom stereocenters. The van der Waals surface area contributed by atoms with Gasteiger partial charge in [0.2, 0.25) is 0 Å². The highest BCUT2D eigenvalue weighted by Crippen LogP contribution is 2.21. The number of hydrogen-bond donors (Lipinski definition) is 2. The number of para-hydroxylation sites is 1. The van der Waals surface area contributed by atoms with Crippen molar-refractivity contribution < 1.29 is 19.1 Å². The molecule has 2 aromatic rings. The number of carbonyl (C=O) groups excluding carboxylic acids is 2. The minimum absolute atomic E-state index is 0.325. The highest BCUT2D eigenvalue weighted by molar-refractivity contribution is 6.05. The van der Waals surface area contributed by atoms with Crippen LogP contribution in [0.3, 0.4) is 0 Å². The molecule has 6 heteroatoms. The van der Waals surface area contributed by atoms with Gasteiger partial charge in [0.15, 0.2) is 0 Å². The van der Waals surface area contributed by atoms with Gasteiger partial charge in [-0.25, -0.2) is 5.01 Å². The predicted octanol–water partition coefficient (Wildman–Crippen LogP) is 3.69. The van der Waals surface area contributed by atoms with Crippen LogP contribution in [0.1, 0.15) is 45.3 Å². The zero-order valence-electron chi connectivity index (χ0n) is 15.7. The number of furan rings is 1. The van der Waals surface area contributed by atoms with Crippen LogP contribution in [0.25, 0.3) is 6.08 Å². The van der Waals surface area contributed by atoms with E-state index in [2.05, 4.69) is 5.43 Å². The molecule has 0 aliphatic rings. The molecule has 0 radical (unpaired) electrons. The molecule has 0 aliphatic heterocycles. The molecule has 27 heavy (non-hydrogen) atoms. The van der Waals surface area contributed by atoms with Gasteiger partial charge in [0, 0.05) is 6.08 Å². The van der Waals surface area contributed by atoms with Crippen molar-refractivity contribution in [1.82, 2.24) is 5.43 Å². The molecule has 0 spiro atoms. The van der Waals surface area contributed by atoms with E-state index in [0.717, 1.165) is 5.01 Å². The van der Waals surface area contributed by atoms with Crippen LogP contribution in [0, 0.1) is 0 Å². The third-order valence-electron chi connectivity index (χ3n) is 4.13. The van der Waals surface area contributed by atoms with Crippen LogP contribution in [-0.4, -0.2) is 22.5 Å². The predicted molar refractivity (Wildman–Crippen MR) is 105 cm³/mol. The minimum Gasteiger partial charge on any atom is -0.465 e. The van der Waals surface area contributed by atoms with Crippen molar-refractivity contribution in [3.8, 4) is 0 Å². The second kappa shape index (κ2) is 9.73. The SMILES string of the molecule is CCCC(O)(CCC)C(=O)NN(C(=O)C=Cc1ccco1)c1ccccc1. The lowest BCUT2D eigenvalue weighted by atomic mass is 9.92. The van der Waals surface area contributed by atoms with E-state index in [-0.39, 0.29) is 0 Å². The molecular weight excluding hydrogens is 344 g/mol. The van der Waals surface area contributed by atoms with Crippen LogP contribution in [0.15, 0.2) is 59.2 Å². The van der Waals surface area contributed by atoms with Crippen LogP contribution in [0.5, 0.6) is 0 Å². The molecule has 0 atom stereocenters. The average molecular weight is 370 g/mol. The normalized spacial score (nSPS) is 11.5. The number of hydrazine groups is 1. The molecule has 0 fully saturated rings. The summed E-state index contributed by atoms with van der Waals surface area (Å²) in [6.07, 6.45) is 6.30. The van der Waals surface area contributed by atoms with Gasteiger partial charge in [0.25, 0.3) is 11.8 Å². The maximum Gasteiger partial charge on any atom is 0.270 e. The van der Waals surface area contributed by atoms with Crippen molar-refractivity contribution in [1.29, 1.82) is 0 Å². The van der Waals surface area contributed by atoms with Gasteiger partial charge in [-0.05, 0) is 43.2 Å². The average Bonchev–Trinajstić information content (AvgIpc) is 3.18. The number of nitrogens with zero attached hydrogens (tertiary/aromatic N) is 1. The van der Waals surface area contributed by atoms with Gasteiger partial charge in [0.05, 0.1) is 12.0 Å². The van der Waals surface area contributed by atoms with E-state index in [4.69, 9.17) is 4.42 Å². The Labute approximate surface area is 159 Å². The van der Waals surface area contributed by atoms with E-state index in [0.29, 0.717) is 37.1 Å². The summed E-state index contributed by atoms with van der Waals surface area (Å²) >= 11 is 0. The Morgan fingerprint density at radius 2 is 1.78 bits per heavy atom. The Hall–Kier alpha value is -2.86. The van der Waals surface area contributed by atoms with Crippen LogP contribution in [0.2, 0.25) is 0 Å². The number of aliphatic hydroxyl groups is 1. The third-order valence-corrected chi connectivity index (χ3v) is 4.13. The summed E-state index contributed by atoms with van der Waals surface area (Å²) in [5.74, 6) is -0.521. The van der Waals surface area contributed by atoms with Crippen molar-refractivity contribution >= 4 is 23.6 Å². The second-order valence-corrected chi connectivity index (χ2v) is 6.33. The number of anilines is 1. The van der Waals surface area contributed by atoms with Crippen molar-refractivity contribution in [3.63, 3.8) is 0 Å². The fraction of sp³-hybridized carbons (Fsp3) is 0.333. The smallest absolute Gasteiger partial charge is 0.270 e. The first-order valence-electron chi connectivity index (χ1n) is 9.14. The lowest BCUT2D eigenvalue weighted by Crippen LogP contribution is -2.55. The van der Waals surface area contributed by atoms with E-state index in [9.17, 15) is 14.7 Å². The lowest BCUT2D eigenvalue weighted by Gasteiger charge is -2.30. The van der Waals surface area contributed by atoms with Crippen molar-refractivity contribution in [2.24, 2.45) is 0 Å². The zero-order valence-corrected chi connectivity index (χ0v) is 15.7. The topological polar surface area (TPSA) is 82.8 Å². The molecular formula is C21H26N2O4. The largest absolute Gasteiger partial charge is 0.465 e. The molecule has 144 valence electrons. The Morgan fingerprint density at radius 1 is 1.11 bits per heavy atom. The Morgan fingerprint density at radius 3 is 2.33 bits per heavy atom. The molecule has 1 heterocycles. The number of benzene rings is 1. The Bertz CT molecular complexity index is 748. The second-order valence-electron chi connectivity index (χ2n) is 6.33. The molecule has 2 rings (SSSR count).